The topological polar surface area (TPSA) is 0 Å². The highest BCUT2D eigenvalue weighted by atomic mass is 14.5. The summed E-state index contributed by atoms with van der Waals surface area (Å²) in [6, 6.07) is 0. The molecule has 0 radical (unpaired) electrons. The molecule has 8 atom stereocenters. The zero-order chi connectivity index (χ0) is 34.6. The highest BCUT2D eigenvalue weighted by molar-refractivity contribution is 5.13. The summed E-state index contributed by atoms with van der Waals surface area (Å²) in [6.07, 6.45) is 10.8. The fraction of sp³-hybridized carbons (Fsp3) is 0.818. The number of allylic oxidation sites excluding steroid dienone is 4. The summed E-state index contributed by atoms with van der Waals surface area (Å²) in [7, 11) is 0. The van der Waals surface area contributed by atoms with Crippen LogP contribution in [0.5, 0.6) is 0 Å². The molecule has 4 aliphatic rings. The van der Waals surface area contributed by atoms with Crippen molar-refractivity contribution in [3.63, 3.8) is 0 Å². The van der Waals surface area contributed by atoms with Crippen molar-refractivity contribution in [3.05, 3.63) is 48.6 Å². The minimum Gasteiger partial charge on any atom is -0.0998 e. The maximum Gasteiger partial charge on any atom is -0.0152 e. The van der Waals surface area contributed by atoms with Gasteiger partial charge in [-0.25, -0.2) is 0 Å². The second-order valence-corrected chi connectivity index (χ2v) is 18.2. The standard InChI is InChI=1S/4C11H20/c4*1-6-9-7-10(8(2)3)11(9,4)5/h4*9-10H,2,6-7H2,1,3-5H3/t2*9-,10+;2*9-,10-/m1010/s1. The van der Waals surface area contributed by atoms with E-state index in [0.717, 1.165) is 47.3 Å². The van der Waals surface area contributed by atoms with Crippen molar-refractivity contribution in [2.75, 3.05) is 0 Å². The lowest BCUT2D eigenvalue weighted by atomic mass is 9.52. The van der Waals surface area contributed by atoms with Gasteiger partial charge in [-0.05, 0) is 122 Å². The monoisotopic (exact) mass is 609 g/mol. The second-order valence-electron chi connectivity index (χ2n) is 18.2. The van der Waals surface area contributed by atoms with Gasteiger partial charge in [0.15, 0.2) is 0 Å². The number of hydrogen-bond acceptors (Lipinski definition) is 0. The third-order valence-electron chi connectivity index (χ3n) is 14.2. The molecule has 0 aromatic heterocycles. The molecular formula is C44H80. The summed E-state index contributed by atoms with van der Waals surface area (Å²) >= 11 is 0. The Hall–Kier alpha value is -1.04. The molecule has 4 fully saturated rings. The Morgan fingerprint density at radius 3 is 0.591 bits per heavy atom. The first-order chi connectivity index (χ1) is 20.0. The van der Waals surface area contributed by atoms with Crippen LogP contribution in [-0.2, 0) is 0 Å². The predicted molar refractivity (Wildman–Crippen MR) is 202 cm³/mol. The predicted octanol–water partition coefficient (Wildman–Crippen LogP) is 14.5. The van der Waals surface area contributed by atoms with Gasteiger partial charge in [0.2, 0.25) is 0 Å². The normalized spacial score (nSPS) is 34.5. The van der Waals surface area contributed by atoms with E-state index >= 15 is 0 Å². The minimum atomic E-state index is 0.528. The SMILES string of the molecule is C=C(C)[C@@H]1C[C@@H](CC)C1(C)C.C=C(C)[C@@H]1C[C@H](CC)C1(C)C.C=C(C)[C@H]1C[C@@H](CC)C1(C)C.C=C(C)[C@H]1C[C@H](CC)C1(C)C. The molecule has 4 saturated carbocycles. The van der Waals surface area contributed by atoms with Crippen molar-refractivity contribution in [3.8, 4) is 0 Å². The van der Waals surface area contributed by atoms with Gasteiger partial charge in [0.05, 0.1) is 0 Å². The van der Waals surface area contributed by atoms with Crippen LogP contribution in [0.25, 0.3) is 0 Å². The van der Waals surface area contributed by atoms with Gasteiger partial charge in [-0.1, -0.05) is 157 Å². The van der Waals surface area contributed by atoms with Crippen LogP contribution in [0.2, 0.25) is 0 Å². The molecule has 0 bridgehead atoms. The van der Waals surface area contributed by atoms with Crippen molar-refractivity contribution < 1.29 is 0 Å². The third kappa shape index (κ3) is 8.65. The van der Waals surface area contributed by atoms with Crippen LogP contribution >= 0.6 is 0 Å². The molecule has 0 aromatic rings. The molecule has 256 valence electrons. The van der Waals surface area contributed by atoms with Crippen LogP contribution in [0, 0.1) is 69.0 Å². The van der Waals surface area contributed by atoms with Gasteiger partial charge in [0.1, 0.15) is 0 Å². The zero-order valence-electron chi connectivity index (χ0n) is 33.1. The molecule has 0 amide bonds. The summed E-state index contributed by atoms with van der Waals surface area (Å²) in [5, 5.41) is 0. The van der Waals surface area contributed by atoms with Crippen molar-refractivity contribution in [2.45, 2.75) is 162 Å². The van der Waals surface area contributed by atoms with Gasteiger partial charge in [-0.3, -0.25) is 0 Å². The Balaban J connectivity index is 0.000000293. The Bertz CT molecular complexity index is 820. The van der Waals surface area contributed by atoms with E-state index in [1.165, 1.54) is 73.7 Å². The van der Waals surface area contributed by atoms with E-state index in [-0.39, 0.29) is 0 Å². The maximum atomic E-state index is 4.04. The first-order valence-electron chi connectivity index (χ1n) is 18.6. The van der Waals surface area contributed by atoms with Crippen LogP contribution in [-0.4, -0.2) is 0 Å². The fourth-order valence-corrected chi connectivity index (χ4v) is 10.2. The van der Waals surface area contributed by atoms with Crippen LogP contribution in [0.3, 0.4) is 0 Å². The fourth-order valence-electron chi connectivity index (χ4n) is 10.2. The molecular weight excluding hydrogens is 528 g/mol. The lowest BCUT2D eigenvalue weighted by molar-refractivity contribution is 0.00210. The molecule has 0 aromatic carbocycles. The summed E-state index contributed by atoms with van der Waals surface area (Å²) in [6.45, 7) is 53.0. The van der Waals surface area contributed by atoms with E-state index in [1.54, 1.807) is 0 Å². The van der Waals surface area contributed by atoms with E-state index in [9.17, 15) is 0 Å². The summed E-state index contributed by atoms with van der Waals surface area (Å²) < 4.78 is 0. The summed E-state index contributed by atoms with van der Waals surface area (Å²) in [4.78, 5) is 0. The van der Waals surface area contributed by atoms with Crippen molar-refractivity contribution in [1.29, 1.82) is 0 Å². The van der Waals surface area contributed by atoms with Gasteiger partial charge in [-0.2, -0.15) is 0 Å². The average Bonchev–Trinajstić information content (AvgIpc) is 2.87. The molecule has 4 rings (SSSR count). The van der Waals surface area contributed by atoms with Gasteiger partial charge in [-0.15, -0.1) is 0 Å². The number of rotatable bonds is 8. The molecule has 0 spiro atoms. The Morgan fingerprint density at radius 1 is 0.386 bits per heavy atom. The van der Waals surface area contributed by atoms with Crippen LogP contribution in [0.4, 0.5) is 0 Å². The first-order valence-corrected chi connectivity index (χ1v) is 18.6. The quantitative estimate of drug-likeness (QED) is 0.240. The zero-order valence-corrected chi connectivity index (χ0v) is 33.1. The molecule has 0 heteroatoms. The summed E-state index contributed by atoms with van der Waals surface area (Å²) in [5.74, 6) is 6.88. The van der Waals surface area contributed by atoms with Gasteiger partial charge >= 0.3 is 0 Å². The lowest BCUT2D eigenvalue weighted by Gasteiger charge is -2.53. The van der Waals surface area contributed by atoms with Gasteiger partial charge in [0, 0.05) is 0 Å². The van der Waals surface area contributed by atoms with Crippen LogP contribution in [0.15, 0.2) is 48.6 Å². The van der Waals surface area contributed by atoms with E-state index in [2.05, 4.69) is 137 Å². The molecule has 0 heterocycles. The average molecular weight is 609 g/mol. The number of hydrogen-bond donors (Lipinski definition) is 0. The molecule has 0 nitrogen and oxygen atoms in total. The van der Waals surface area contributed by atoms with Gasteiger partial charge < -0.3 is 0 Å². The van der Waals surface area contributed by atoms with E-state index in [0.29, 0.717) is 21.7 Å². The van der Waals surface area contributed by atoms with E-state index in [1.807, 2.05) is 0 Å². The smallest absolute Gasteiger partial charge is 0.0152 e. The molecule has 44 heavy (non-hydrogen) atoms. The van der Waals surface area contributed by atoms with E-state index in [4.69, 9.17) is 0 Å². The Labute approximate surface area is 279 Å². The van der Waals surface area contributed by atoms with Crippen molar-refractivity contribution in [2.24, 2.45) is 69.0 Å². The molecule has 0 saturated heterocycles. The maximum absolute atomic E-state index is 4.04. The van der Waals surface area contributed by atoms with Crippen molar-refractivity contribution in [1.82, 2.24) is 0 Å². The highest BCUT2D eigenvalue weighted by Gasteiger charge is 2.49. The Kier molecular flexibility index (Phi) is 14.6. The summed E-state index contributed by atoms with van der Waals surface area (Å²) in [5.41, 5.74) is 7.61. The molecule has 4 aliphatic carbocycles. The van der Waals surface area contributed by atoms with Crippen molar-refractivity contribution >= 4 is 0 Å². The molecule has 0 N–H and O–H groups in total. The van der Waals surface area contributed by atoms with Crippen LogP contribution in [0.1, 0.15) is 162 Å². The first kappa shape index (κ1) is 41.0. The largest absolute Gasteiger partial charge is 0.0998 e. The minimum absolute atomic E-state index is 0.528. The third-order valence-corrected chi connectivity index (χ3v) is 14.2. The molecule has 0 aliphatic heterocycles. The molecule has 0 unspecified atom stereocenters. The van der Waals surface area contributed by atoms with E-state index < -0.39 is 0 Å². The highest BCUT2D eigenvalue weighted by Crippen LogP contribution is 2.57. The second kappa shape index (κ2) is 15.7. The Morgan fingerprint density at radius 2 is 0.523 bits per heavy atom. The van der Waals surface area contributed by atoms with Crippen LogP contribution < -0.4 is 0 Å². The van der Waals surface area contributed by atoms with Gasteiger partial charge in [0.25, 0.3) is 0 Å². The lowest BCUT2D eigenvalue weighted by Crippen LogP contribution is -2.44.